The molecule has 1 N–H and O–H groups in total. The minimum Gasteiger partial charge on any atom is -0.351 e. The zero-order valence-electron chi connectivity index (χ0n) is 18.9. The molecule has 1 aliphatic carbocycles. The largest absolute Gasteiger partial charge is 0.416 e. The fraction of sp³-hybridized carbons (Fsp3) is 0.321. The molecule has 3 aromatic carbocycles. The average molecular weight is 465 g/mol. The molecule has 6 heteroatoms. The van der Waals surface area contributed by atoms with Crippen molar-refractivity contribution in [2.75, 3.05) is 26.2 Å². The van der Waals surface area contributed by atoms with E-state index < -0.39 is 17.6 Å². The summed E-state index contributed by atoms with van der Waals surface area (Å²) in [6.07, 6.45) is -1.02. The smallest absolute Gasteiger partial charge is 0.351 e. The van der Waals surface area contributed by atoms with Gasteiger partial charge in [0.2, 0.25) is 0 Å². The third kappa shape index (κ3) is 4.47. The molecule has 0 atom stereocenters. The van der Waals surface area contributed by atoms with Crippen LogP contribution in [-0.4, -0.2) is 37.0 Å². The highest BCUT2D eigenvalue weighted by atomic mass is 19.4. The lowest BCUT2D eigenvalue weighted by molar-refractivity contribution is -0.137. The lowest BCUT2D eigenvalue weighted by Crippen LogP contribution is -2.37. The molecule has 0 bridgehead atoms. The second kappa shape index (κ2) is 9.26. The molecular formula is C28H27F3N2O. The van der Waals surface area contributed by atoms with Gasteiger partial charge in [-0.05, 0) is 71.9 Å². The number of likely N-dealkylation sites (tertiary alicyclic amines) is 1. The van der Waals surface area contributed by atoms with Crippen LogP contribution in [0, 0.1) is 0 Å². The Labute approximate surface area is 197 Å². The number of fused-ring (bicyclic) bond motifs is 3. The monoisotopic (exact) mass is 464 g/mol. The molecule has 1 fully saturated rings. The highest BCUT2D eigenvalue weighted by molar-refractivity contribution is 5.95. The van der Waals surface area contributed by atoms with Crippen LogP contribution >= 0.6 is 0 Å². The van der Waals surface area contributed by atoms with Crippen molar-refractivity contribution in [1.29, 1.82) is 0 Å². The Balaban J connectivity index is 1.47. The van der Waals surface area contributed by atoms with E-state index in [1.807, 2.05) is 48.5 Å². The van der Waals surface area contributed by atoms with Crippen molar-refractivity contribution in [2.24, 2.45) is 0 Å². The summed E-state index contributed by atoms with van der Waals surface area (Å²) in [5, 5.41) is 2.83. The molecule has 176 valence electrons. The van der Waals surface area contributed by atoms with Crippen LogP contribution in [0.25, 0.3) is 11.1 Å². The SMILES string of the molecule is O=C(NCCN1CCCCC1)c1cc(C2c3ccccc3-c3ccccc32)cc(C(F)(F)F)c1. The van der Waals surface area contributed by atoms with Crippen molar-refractivity contribution in [3.8, 4) is 11.1 Å². The topological polar surface area (TPSA) is 32.3 Å². The number of carbonyl (C=O) groups excluding carboxylic acids is 1. The fourth-order valence-electron chi connectivity index (χ4n) is 5.24. The maximum Gasteiger partial charge on any atom is 0.416 e. The number of benzene rings is 3. The summed E-state index contributed by atoms with van der Waals surface area (Å²) in [4.78, 5) is 15.2. The van der Waals surface area contributed by atoms with E-state index in [0.717, 1.165) is 54.3 Å². The van der Waals surface area contributed by atoms with E-state index >= 15 is 0 Å². The maximum absolute atomic E-state index is 13.8. The van der Waals surface area contributed by atoms with Gasteiger partial charge in [0.25, 0.3) is 5.91 Å². The van der Waals surface area contributed by atoms with Crippen LogP contribution in [0.2, 0.25) is 0 Å². The molecule has 0 radical (unpaired) electrons. The van der Waals surface area contributed by atoms with Gasteiger partial charge in [-0.15, -0.1) is 0 Å². The van der Waals surface area contributed by atoms with Gasteiger partial charge in [-0.2, -0.15) is 13.2 Å². The number of halogens is 3. The summed E-state index contributed by atoms with van der Waals surface area (Å²) in [6, 6.07) is 19.4. The van der Waals surface area contributed by atoms with Gasteiger partial charge in [0.15, 0.2) is 0 Å². The van der Waals surface area contributed by atoms with Crippen molar-refractivity contribution in [1.82, 2.24) is 10.2 Å². The molecule has 5 rings (SSSR count). The Hall–Kier alpha value is -3.12. The van der Waals surface area contributed by atoms with Gasteiger partial charge in [-0.1, -0.05) is 55.0 Å². The molecule has 0 unspecified atom stereocenters. The summed E-state index contributed by atoms with van der Waals surface area (Å²) < 4.78 is 41.5. The van der Waals surface area contributed by atoms with Gasteiger partial charge >= 0.3 is 6.18 Å². The van der Waals surface area contributed by atoms with Crippen LogP contribution < -0.4 is 5.32 Å². The predicted molar refractivity (Wildman–Crippen MR) is 127 cm³/mol. The molecular weight excluding hydrogens is 437 g/mol. The Morgan fingerprint density at radius 1 is 0.882 bits per heavy atom. The second-order valence-corrected chi connectivity index (χ2v) is 9.11. The lowest BCUT2D eigenvalue weighted by atomic mass is 9.87. The molecule has 34 heavy (non-hydrogen) atoms. The Kier molecular flexibility index (Phi) is 6.17. The van der Waals surface area contributed by atoms with Crippen LogP contribution in [0.1, 0.15) is 57.8 Å². The van der Waals surface area contributed by atoms with Crippen LogP contribution in [0.15, 0.2) is 66.7 Å². The van der Waals surface area contributed by atoms with E-state index in [1.54, 1.807) is 6.07 Å². The van der Waals surface area contributed by atoms with E-state index in [4.69, 9.17) is 0 Å². The van der Waals surface area contributed by atoms with Crippen LogP contribution in [0.5, 0.6) is 0 Å². The van der Waals surface area contributed by atoms with E-state index in [1.165, 1.54) is 12.5 Å². The minimum atomic E-state index is -4.55. The van der Waals surface area contributed by atoms with Gasteiger partial charge in [-0.25, -0.2) is 0 Å². The number of nitrogens with one attached hydrogen (secondary N) is 1. The van der Waals surface area contributed by atoms with E-state index in [-0.39, 0.29) is 11.5 Å². The summed E-state index contributed by atoms with van der Waals surface area (Å²) in [5.74, 6) is -0.821. The first-order valence-corrected chi connectivity index (χ1v) is 11.8. The number of piperidine rings is 1. The minimum absolute atomic E-state index is 0.0466. The number of rotatable bonds is 5. The first-order chi connectivity index (χ1) is 16.4. The molecule has 1 saturated heterocycles. The first kappa shape index (κ1) is 22.7. The zero-order chi connectivity index (χ0) is 23.7. The van der Waals surface area contributed by atoms with E-state index in [9.17, 15) is 18.0 Å². The van der Waals surface area contributed by atoms with Gasteiger partial charge < -0.3 is 10.2 Å². The number of hydrogen-bond acceptors (Lipinski definition) is 2. The quantitative estimate of drug-likeness (QED) is 0.388. The van der Waals surface area contributed by atoms with Crippen molar-refractivity contribution < 1.29 is 18.0 Å². The number of alkyl halides is 3. The molecule has 0 saturated carbocycles. The third-order valence-corrected chi connectivity index (χ3v) is 6.87. The predicted octanol–water partition coefficient (Wildman–Crippen LogP) is 6.08. The highest BCUT2D eigenvalue weighted by Crippen LogP contribution is 2.48. The van der Waals surface area contributed by atoms with E-state index in [0.29, 0.717) is 18.7 Å². The zero-order valence-corrected chi connectivity index (χ0v) is 18.9. The number of hydrogen-bond donors (Lipinski definition) is 1. The fourth-order valence-corrected chi connectivity index (χ4v) is 5.24. The van der Waals surface area contributed by atoms with Crippen LogP contribution in [0.4, 0.5) is 13.2 Å². The van der Waals surface area contributed by atoms with Gasteiger partial charge in [-0.3, -0.25) is 4.79 Å². The number of nitrogens with zero attached hydrogens (tertiary/aromatic N) is 1. The summed E-state index contributed by atoms with van der Waals surface area (Å²) in [5.41, 5.74) is 3.69. The number of amides is 1. The maximum atomic E-state index is 13.8. The molecule has 1 aliphatic heterocycles. The molecule has 2 aliphatic rings. The normalized spacial score (nSPS) is 16.2. The van der Waals surface area contributed by atoms with Crippen LogP contribution in [0.3, 0.4) is 0 Å². The van der Waals surface area contributed by atoms with Crippen molar-refractivity contribution in [2.45, 2.75) is 31.4 Å². The highest BCUT2D eigenvalue weighted by Gasteiger charge is 2.35. The van der Waals surface area contributed by atoms with Gasteiger partial charge in [0.1, 0.15) is 0 Å². The molecule has 1 amide bonds. The molecule has 0 spiro atoms. The van der Waals surface area contributed by atoms with Crippen molar-refractivity contribution in [3.05, 3.63) is 94.5 Å². The lowest BCUT2D eigenvalue weighted by Gasteiger charge is -2.26. The molecule has 3 nitrogen and oxygen atoms in total. The Bertz CT molecular complexity index is 1150. The van der Waals surface area contributed by atoms with Gasteiger partial charge in [0.05, 0.1) is 5.56 Å². The Morgan fingerprint density at radius 2 is 1.50 bits per heavy atom. The average Bonchev–Trinajstić information content (AvgIpc) is 3.18. The molecule has 0 aromatic heterocycles. The summed E-state index contributed by atoms with van der Waals surface area (Å²) >= 11 is 0. The van der Waals surface area contributed by atoms with Crippen LogP contribution in [-0.2, 0) is 6.18 Å². The first-order valence-electron chi connectivity index (χ1n) is 11.8. The summed E-state index contributed by atoms with van der Waals surface area (Å²) in [6.45, 7) is 3.13. The standard InChI is InChI=1S/C28H27F3N2O/c29-28(30,31)21-17-19(16-20(18-21)27(34)32-12-15-33-13-6-1-7-14-33)26-24-10-4-2-8-22(24)23-9-3-5-11-25(23)26/h2-5,8-11,16-18,26H,1,6-7,12-15H2,(H,32,34). The van der Waals surface area contributed by atoms with Crippen molar-refractivity contribution >= 4 is 5.91 Å². The van der Waals surface area contributed by atoms with Gasteiger partial charge in [0, 0.05) is 24.6 Å². The van der Waals surface area contributed by atoms with Crippen molar-refractivity contribution in [3.63, 3.8) is 0 Å². The number of carbonyl (C=O) groups is 1. The second-order valence-electron chi connectivity index (χ2n) is 9.11. The summed E-state index contributed by atoms with van der Waals surface area (Å²) in [7, 11) is 0. The van der Waals surface area contributed by atoms with E-state index in [2.05, 4.69) is 10.2 Å². The Morgan fingerprint density at radius 3 is 2.12 bits per heavy atom. The molecule has 1 heterocycles. The molecule has 3 aromatic rings. The third-order valence-electron chi connectivity index (χ3n) is 6.87.